The number of benzene rings is 1. The summed E-state index contributed by atoms with van der Waals surface area (Å²) < 4.78 is 25.8. The molecular formula is C9H10Cl2N2O4S. The maximum Gasteiger partial charge on any atom is 0.338 e. The molecule has 18 heavy (non-hydrogen) atoms. The van der Waals surface area contributed by atoms with Crippen LogP contribution in [0.1, 0.15) is 10.4 Å². The molecule has 1 aromatic rings. The summed E-state index contributed by atoms with van der Waals surface area (Å²) in [7, 11) is -3.91. The van der Waals surface area contributed by atoms with Gasteiger partial charge >= 0.3 is 5.97 Å². The fourth-order valence-electron chi connectivity index (χ4n) is 1.21. The quantitative estimate of drug-likeness (QED) is 0.749. The summed E-state index contributed by atoms with van der Waals surface area (Å²) in [6.07, 6.45) is 0. The van der Waals surface area contributed by atoms with E-state index in [1.54, 1.807) is 0 Å². The molecule has 0 atom stereocenters. The molecule has 0 unspecified atom stereocenters. The number of nitrogens with two attached hydrogens (primary N) is 1. The molecule has 9 heteroatoms. The zero-order valence-electron chi connectivity index (χ0n) is 8.98. The monoisotopic (exact) mass is 312 g/mol. The number of carboxylic acid groups (broad SMARTS) is 1. The van der Waals surface area contributed by atoms with Crippen molar-refractivity contribution in [3.05, 3.63) is 27.7 Å². The van der Waals surface area contributed by atoms with E-state index in [4.69, 9.17) is 34.0 Å². The number of hydrogen-bond donors (Lipinski definition) is 3. The molecule has 1 aromatic carbocycles. The molecule has 0 spiro atoms. The van der Waals surface area contributed by atoms with Crippen molar-refractivity contribution in [2.75, 3.05) is 13.1 Å². The second-order valence-electron chi connectivity index (χ2n) is 3.23. The molecule has 0 fully saturated rings. The molecule has 0 saturated carbocycles. The Morgan fingerprint density at radius 3 is 2.50 bits per heavy atom. The van der Waals surface area contributed by atoms with Crippen molar-refractivity contribution >= 4 is 39.2 Å². The second kappa shape index (κ2) is 5.85. The van der Waals surface area contributed by atoms with E-state index in [9.17, 15) is 13.2 Å². The van der Waals surface area contributed by atoms with E-state index in [1.807, 2.05) is 0 Å². The average molecular weight is 313 g/mol. The van der Waals surface area contributed by atoms with E-state index >= 15 is 0 Å². The van der Waals surface area contributed by atoms with Gasteiger partial charge in [0.05, 0.1) is 15.6 Å². The first-order valence-corrected chi connectivity index (χ1v) is 6.96. The SMILES string of the molecule is NCCNS(=O)(=O)c1ccc(Cl)c(C(=O)O)c1Cl. The van der Waals surface area contributed by atoms with Gasteiger partial charge in [0.15, 0.2) is 0 Å². The summed E-state index contributed by atoms with van der Waals surface area (Å²) in [4.78, 5) is 10.6. The van der Waals surface area contributed by atoms with Gasteiger partial charge in [-0.2, -0.15) is 0 Å². The average Bonchev–Trinajstić information content (AvgIpc) is 2.25. The molecule has 4 N–H and O–H groups in total. The van der Waals surface area contributed by atoms with E-state index in [0.717, 1.165) is 12.1 Å². The van der Waals surface area contributed by atoms with Gasteiger partial charge in [-0.05, 0) is 12.1 Å². The normalized spacial score (nSPS) is 11.5. The maximum atomic E-state index is 11.8. The van der Waals surface area contributed by atoms with Gasteiger partial charge in [0.1, 0.15) is 4.90 Å². The lowest BCUT2D eigenvalue weighted by molar-refractivity contribution is 0.0697. The van der Waals surface area contributed by atoms with Crippen molar-refractivity contribution < 1.29 is 18.3 Å². The van der Waals surface area contributed by atoms with Crippen molar-refractivity contribution in [2.24, 2.45) is 5.73 Å². The molecule has 0 bridgehead atoms. The number of aromatic carboxylic acids is 1. The van der Waals surface area contributed by atoms with Gasteiger partial charge < -0.3 is 10.8 Å². The van der Waals surface area contributed by atoms with Gasteiger partial charge in [-0.15, -0.1) is 0 Å². The number of carboxylic acids is 1. The summed E-state index contributed by atoms with van der Waals surface area (Å²) in [5.74, 6) is -1.40. The number of halogens is 2. The van der Waals surface area contributed by atoms with Crippen LogP contribution < -0.4 is 10.5 Å². The Kier molecular flexibility index (Phi) is 4.94. The highest BCUT2D eigenvalue weighted by atomic mass is 35.5. The molecule has 0 aliphatic heterocycles. The van der Waals surface area contributed by atoms with Crippen molar-refractivity contribution in [3.63, 3.8) is 0 Å². The number of sulfonamides is 1. The van der Waals surface area contributed by atoms with Crippen LogP contribution in [0, 0.1) is 0 Å². The molecular weight excluding hydrogens is 303 g/mol. The van der Waals surface area contributed by atoms with Crippen LogP contribution in [0.2, 0.25) is 10.0 Å². The molecule has 6 nitrogen and oxygen atoms in total. The third-order valence-electron chi connectivity index (χ3n) is 2.00. The topological polar surface area (TPSA) is 109 Å². The van der Waals surface area contributed by atoms with E-state index in [2.05, 4.69) is 4.72 Å². The predicted octanol–water partition coefficient (Wildman–Crippen LogP) is 0.929. The molecule has 100 valence electrons. The highest BCUT2D eigenvalue weighted by molar-refractivity contribution is 7.89. The standard InChI is InChI=1S/C9H10Cl2N2O4S/c10-5-1-2-6(8(11)7(5)9(14)15)18(16,17)13-4-3-12/h1-2,13H,3-4,12H2,(H,14,15). The molecule has 0 amide bonds. The Labute approximate surface area is 114 Å². The maximum absolute atomic E-state index is 11.8. The van der Waals surface area contributed by atoms with Gasteiger partial charge in [0.25, 0.3) is 0 Å². The zero-order chi connectivity index (χ0) is 13.9. The Morgan fingerprint density at radius 1 is 1.39 bits per heavy atom. The molecule has 0 saturated heterocycles. The summed E-state index contributed by atoms with van der Waals surface area (Å²) in [5, 5.41) is 8.34. The van der Waals surface area contributed by atoms with Crippen molar-refractivity contribution in [1.82, 2.24) is 4.72 Å². The molecule has 0 radical (unpaired) electrons. The molecule has 0 heterocycles. The van der Waals surface area contributed by atoms with E-state index < -0.39 is 26.6 Å². The van der Waals surface area contributed by atoms with Crippen LogP contribution in [0.15, 0.2) is 17.0 Å². The molecule has 0 aromatic heterocycles. The highest BCUT2D eigenvalue weighted by Gasteiger charge is 2.24. The third kappa shape index (κ3) is 3.12. The number of carbonyl (C=O) groups is 1. The van der Waals surface area contributed by atoms with Crippen LogP contribution in [0.4, 0.5) is 0 Å². The first-order valence-electron chi connectivity index (χ1n) is 4.72. The van der Waals surface area contributed by atoms with Crippen LogP contribution in [0.25, 0.3) is 0 Å². The van der Waals surface area contributed by atoms with E-state index in [0.29, 0.717) is 0 Å². The summed E-state index contributed by atoms with van der Waals surface area (Å²) in [6.45, 7) is 0.125. The van der Waals surface area contributed by atoms with Crippen LogP contribution >= 0.6 is 23.2 Å². The van der Waals surface area contributed by atoms with Gasteiger partial charge in [0, 0.05) is 13.1 Å². The largest absolute Gasteiger partial charge is 0.478 e. The fourth-order valence-corrected chi connectivity index (χ4v) is 3.17. The minimum atomic E-state index is -3.91. The minimum absolute atomic E-state index is 0.0176. The zero-order valence-corrected chi connectivity index (χ0v) is 11.3. The number of hydrogen-bond acceptors (Lipinski definition) is 4. The summed E-state index contributed by atoms with van der Waals surface area (Å²) in [6, 6.07) is 2.30. The Bertz CT molecular complexity index is 574. The lowest BCUT2D eigenvalue weighted by atomic mass is 10.2. The van der Waals surface area contributed by atoms with E-state index in [1.165, 1.54) is 0 Å². The highest BCUT2D eigenvalue weighted by Crippen LogP contribution is 2.30. The number of rotatable bonds is 5. The summed E-state index contributed by atoms with van der Waals surface area (Å²) in [5.41, 5.74) is 4.73. The van der Waals surface area contributed by atoms with Gasteiger partial charge in [-0.25, -0.2) is 17.9 Å². The summed E-state index contributed by atoms with van der Waals surface area (Å²) >= 11 is 11.4. The first kappa shape index (κ1) is 15.2. The Morgan fingerprint density at radius 2 is 2.00 bits per heavy atom. The molecule has 0 aliphatic rings. The van der Waals surface area contributed by atoms with E-state index in [-0.39, 0.29) is 23.0 Å². The van der Waals surface area contributed by atoms with Crippen molar-refractivity contribution in [2.45, 2.75) is 4.90 Å². The van der Waals surface area contributed by atoms with Gasteiger partial charge in [0.2, 0.25) is 10.0 Å². The Hall–Kier alpha value is -0.860. The lowest BCUT2D eigenvalue weighted by Crippen LogP contribution is -2.29. The third-order valence-corrected chi connectivity index (χ3v) is 4.32. The van der Waals surface area contributed by atoms with Crippen molar-refractivity contribution in [3.8, 4) is 0 Å². The van der Waals surface area contributed by atoms with Crippen LogP contribution in [0.5, 0.6) is 0 Å². The fraction of sp³-hybridized carbons (Fsp3) is 0.222. The Balaban J connectivity index is 3.36. The van der Waals surface area contributed by atoms with Crippen molar-refractivity contribution in [1.29, 1.82) is 0 Å². The van der Waals surface area contributed by atoms with Crippen LogP contribution in [-0.2, 0) is 10.0 Å². The first-order chi connectivity index (χ1) is 8.31. The minimum Gasteiger partial charge on any atom is -0.478 e. The second-order valence-corrected chi connectivity index (χ2v) is 5.75. The predicted molar refractivity (Wildman–Crippen MR) is 67.7 cm³/mol. The smallest absolute Gasteiger partial charge is 0.338 e. The van der Waals surface area contributed by atoms with Gasteiger partial charge in [-0.3, -0.25) is 0 Å². The number of nitrogens with one attached hydrogen (secondary N) is 1. The van der Waals surface area contributed by atoms with Gasteiger partial charge in [-0.1, -0.05) is 23.2 Å². The van der Waals surface area contributed by atoms with Crippen LogP contribution in [-0.4, -0.2) is 32.6 Å². The molecule has 0 aliphatic carbocycles. The lowest BCUT2D eigenvalue weighted by Gasteiger charge is -2.10. The van der Waals surface area contributed by atoms with Crippen LogP contribution in [0.3, 0.4) is 0 Å². The molecule has 1 rings (SSSR count).